The third-order valence-electron chi connectivity index (χ3n) is 5.35. The first kappa shape index (κ1) is 16.3. The lowest BCUT2D eigenvalue weighted by molar-refractivity contribution is 0.0932. The van der Waals surface area contributed by atoms with Gasteiger partial charge in [0.15, 0.2) is 5.69 Å². The number of carbonyl (C=O) groups is 1. The lowest BCUT2D eigenvalue weighted by Crippen LogP contribution is -2.34. The van der Waals surface area contributed by atoms with Crippen LogP contribution >= 0.6 is 0 Å². The van der Waals surface area contributed by atoms with Crippen LogP contribution in [-0.2, 0) is 6.54 Å². The van der Waals surface area contributed by atoms with Crippen LogP contribution in [0.5, 0.6) is 0 Å². The first-order valence-corrected chi connectivity index (χ1v) is 9.24. The Morgan fingerprint density at radius 1 is 1.24 bits per heavy atom. The van der Waals surface area contributed by atoms with E-state index < -0.39 is 0 Å². The fraction of sp³-hybridized carbons (Fsp3) is 0.611. The highest BCUT2D eigenvalue weighted by atomic mass is 16.3. The Kier molecular flexibility index (Phi) is 4.83. The smallest absolute Gasteiger partial charge is 0.273 e. The number of nitrogens with one attached hydrogen (secondary N) is 1. The molecular weight excluding hydrogens is 318 g/mol. The third kappa shape index (κ3) is 3.92. The van der Waals surface area contributed by atoms with Gasteiger partial charge in [0.05, 0.1) is 24.8 Å². The van der Waals surface area contributed by atoms with Crippen LogP contribution in [0, 0.1) is 0 Å². The first-order chi connectivity index (χ1) is 12.3. The molecule has 2 aromatic rings. The topological polar surface area (TPSA) is 76.2 Å². The standard InChI is InChI=1S/C18H25N5O2/c24-18(19-15-3-1-2-4-15)17-12-23(21-20-17)16-5-8-22(9-6-16)11-14-7-10-25-13-14/h7,10,12-13,15-16H,1-6,8-9,11H2,(H,19,24). The Balaban J connectivity index is 1.29. The van der Waals surface area contributed by atoms with E-state index in [1.165, 1.54) is 18.4 Å². The van der Waals surface area contributed by atoms with Crippen molar-refractivity contribution in [3.05, 3.63) is 36.0 Å². The monoisotopic (exact) mass is 343 g/mol. The molecule has 0 aromatic carbocycles. The highest BCUT2D eigenvalue weighted by molar-refractivity contribution is 5.92. The van der Waals surface area contributed by atoms with E-state index in [9.17, 15) is 4.79 Å². The number of hydrogen-bond donors (Lipinski definition) is 1. The minimum atomic E-state index is -0.0875. The van der Waals surface area contributed by atoms with Crippen LogP contribution in [0.15, 0.2) is 29.2 Å². The van der Waals surface area contributed by atoms with Gasteiger partial charge >= 0.3 is 0 Å². The minimum absolute atomic E-state index is 0.0875. The van der Waals surface area contributed by atoms with Crippen LogP contribution in [-0.4, -0.2) is 44.9 Å². The lowest BCUT2D eigenvalue weighted by Gasteiger charge is -2.31. The zero-order valence-electron chi connectivity index (χ0n) is 14.4. The predicted molar refractivity (Wildman–Crippen MR) is 92.0 cm³/mol. The number of furan rings is 1. The molecule has 0 atom stereocenters. The molecule has 3 heterocycles. The fourth-order valence-electron chi connectivity index (χ4n) is 3.87. The van der Waals surface area contributed by atoms with E-state index in [4.69, 9.17) is 4.42 Å². The van der Waals surface area contributed by atoms with Crippen LogP contribution in [0.2, 0.25) is 0 Å². The predicted octanol–water partition coefficient (Wildman–Crippen LogP) is 2.38. The average Bonchev–Trinajstić information content (AvgIpc) is 3.38. The molecule has 2 aliphatic rings. The molecule has 1 aliphatic carbocycles. The summed E-state index contributed by atoms with van der Waals surface area (Å²) in [5, 5.41) is 11.4. The summed E-state index contributed by atoms with van der Waals surface area (Å²) < 4.78 is 7.01. The maximum Gasteiger partial charge on any atom is 0.273 e. The summed E-state index contributed by atoms with van der Waals surface area (Å²) in [6.07, 6.45) is 11.9. The summed E-state index contributed by atoms with van der Waals surface area (Å²) in [6, 6.07) is 2.64. The molecule has 7 heteroatoms. The summed E-state index contributed by atoms with van der Waals surface area (Å²) in [7, 11) is 0. The zero-order valence-corrected chi connectivity index (χ0v) is 14.4. The summed E-state index contributed by atoms with van der Waals surface area (Å²) >= 11 is 0. The summed E-state index contributed by atoms with van der Waals surface area (Å²) in [5.74, 6) is -0.0875. The highest BCUT2D eigenvalue weighted by Gasteiger charge is 2.24. The molecule has 1 saturated carbocycles. The number of carbonyl (C=O) groups excluding carboxylic acids is 1. The number of piperidine rings is 1. The molecule has 1 N–H and O–H groups in total. The van der Waals surface area contributed by atoms with E-state index in [0.29, 0.717) is 17.8 Å². The van der Waals surface area contributed by atoms with Crippen molar-refractivity contribution in [2.24, 2.45) is 0 Å². The van der Waals surface area contributed by atoms with Gasteiger partial charge in [-0.1, -0.05) is 18.1 Å². The van der Waals surface area contributed by atoms with Crippen LogP contribution in [0.1, 0.15) is 60.6 Å². The second-order valence-electron chi connectivity index (χ2n) is 7.18. The normalized spacial score (nSPS) is 20.2. The number of nitrogens with zero attached hydrogens (tertiary/aromatic N) is 4. The van der Waals surface area contributed by atoms with Crippen LogP contribution in [0.4, 0.5) is 0 Å². The number of aromatic nitrogens is 3. The molecule has 25 heavy (non-hydrogen) atoms. The summed E-state index contributed by atoms with van der Waals surface area (Å²) in [6.45, 7) is 2.95. The van der Waals surface area contributed by atoms with Crippen LogP contribution in [0.25, 0.3) is 0 Å². The minimum Gasteiger partial charge on any atom is -0.472 e. The van der Waals surface area contributed by atoms with Gasteiger partial charge in [-0.15, -0.1) is 5.10 Å². The van der Waals surface area contributed by atoms with E-state index in [2.05, 4.69) is 20.5 Å². The molecule has 0 radical (unpaired) electrons. The molecule has 1 saturated heterocycles. The third-order valence-corrected chi connectivity index (χ3v) is 5.35. The number of likely N-dealkylation sites (tertiary alicyclic amines) is 1. The molecule has 2 aromatic heterocycles. The van der Waals surface area contributed by atoms with Crippen LogP contribution < -0.4 is 5.32 Å². The van der Waals surface area contributed by atoms with Crippen molar-refractivity contribution in [2.75, 3.05) is 13.1 Å². The number of hydrogen-bond acceptors (Lipinski definition) is 5. The van der Waals surface area contributed by atoms with Gasteiger partial charge in [0.25, 0.3) is 5.91 Å². The van der Waals surface area contributed by atoms with Crippen molar-refractivity contribution in [3.8, 4) is 0 Å². The number of amides is 1. The van der Waals surface area contributed by atoms with Gasteiger partial charge in [0, 0.05) is 31.2 Å². The van der Waals surface area contributed by atoms with Gasteiger partial charge in [-0.3, -0.25) is 9.69 Å². The molecule has 0 unspecified atom stereocenters. The van der Waals surface area contributed by atoms with E-state index in [0.717, 1.165) is 45.3 Å². The largest absolute Gasteiger partial charge is 0.472 e. The first-order valence-electron chi connectivity index (χ1n) is 9.24. The SMILES string of the molecule is O=C(NC1CCCC1)c1cn(C2CCN(Cc3ccoc3)CC2)nn1. The van der Waals surface area contributed by atoms with Gasteiger partial charge < -0.3 is 9.73 Å². The molecule has 4 rings (SSSR count). The van der Waals surface area contributed by atoms with E-state index in [1.807, 2.05) is 10.7 Å². The van der Waals surface area contributed by atoms with Gasteiger partial charge in [-0.2, -0.15) is 0 Å². The van der Waals surface area contributed by atoms with Gasteiger partial charge in [-0.05, 0) is 31.7 Å². The van der Waals surface area contributed by atoms with Crippen molar-refractivity contribution in [1.29, 1.82) is 0 Å². The van der Waals surface area contributed by atoms with Crippen molar-refractivity contribution in [2.45, 2.75) is 57.2 Å². The Morgan fingerprint density at radius 3 is 2.76 bits per heavy atom. The Morgan fingerprint density at radius 2 is 2.04 bits per heavy atom. The second-order valence-corrected chi connectivity index (χ2v) is 7.18. The molecule has 1 aliphatic heterocycles. The van der Waals surface area contributed by atoms with Gasteiger partial charge in [0.2, 0.25) is 0 Å². The second kappa shape index (κ2) is 7.39. The van der Waals surface area contributed by atoms with Crippen molar-refractivity contribution < 1.29 is 9.21 Å². The van der Waals surface area contributed by atoms with E-state index in [1.54, 1.807) is 18.7 Å². The zero-order chi connectivity index (χ0) is 17.1. The van der Waals surface area contributed by atoms with Crippen LogP contribution in [0.3, 0.4) is 0 Å². The molecular formula is C18H25N5O2. The van der Waals surface area contributed by atoms with Crippen molar-refractivity contribution >= 4 is 5.91 Å². The maximum atomic E-state index is 12.3. The molecule has 1 amide bonds. The quantitative estimate of drug-likeness (QED) is 0.902. The van der Waals surface area contributed by atoms with Crippen molar-refractivity contribution in [1.82, 2.24) is 25.2 Å². The van der Waals surface area contributed by atoms with Gasteiger partial charge in [-0.25, -0.2) is 4.68 Å². The maximum absolute atomic E-state index is 12.3. The fourth-order valence-corrected chi connectivity index (χ4v) is 3.87. The highest BCUT2D eigenvalue weighted by Crippen LogP contribution is 2.23. The number of rotatable bonds is 5. The lowest BCUT2D eigenvalue weighted by atomic mass is 10.0. The molecule has 0 bridgehead atoms. The molecule has 7 nitrogen and oxygen atoms in total. The summed E-state index contributed by atoms with van der Waals surface area (Å²) in [4.78, 5) is 14.7. The Bertz CT molecular complexity index is 682. The van der Waals surface area contributed by atoms with Gasteiger partial charge in [0.1, 0.15) is 0 Å². The molecule has 2 fully saturated rings. The molecule has 134 valence electrons. The average molecular weight is 343 g/mol. The van der Waals surface area contributed by atoms with E-state index in [-0.39, 0.29) is 5.91 Å². The summed E-state index contributed by atoms with van der Waals surface area (Å²) in [5.41, 5.74) is 1.65. The molecule has 0 spiro atoms. The van der Waals surface area contributed by atoms with E-state index >= 15 is 0 Å². The Labute approximate surface area is 147 Å². The van der Waals surface area contributed by atoms with Crippen molar-refractivity contribution in [3.63, 3.8) is 0 Å². The Hall–Kier alpha value is -2.15.